The van der Waals surface area contributed by atoms with Crippen LogP contribution in [0.2, 0.25) is 5.02 Å². The Morgan fingerprint density at radius 3 is 2.50 bits per heavy atom. The first kappa shape index (κ1) is 15.2. The molecule has 2 rings (SSSR count). The molecule has 0 saturated carbocycles. The maximum atomic E-state index is 11.2. The van der Waals surface area contributed by atoms with Crippen molar-refractivity contribution in [3.8, 4) is 5.75 Å². The van der Waals surface area contributed by atoms with Crippen LogP contribution >= 0.6 is 22.3 Å². The van der Waals surface area contributed by atoms with Gasteiger partial charge in [-0.05, 0) is 30.7 Å². The van der Waals surface area contributed by atoms with Gasteiger partial charge in [0.1, 0.15) is 12.4 Å². The normalized spacial score (nSPS) is 11.3. The molecule has 0 saturated heterocycles. The second-order valence-corrected chi connectivity index (χ2v) is 7.28. The van der Waals surface area contributed by atoms with E-state index in [1.165, 1.54) is 18.2 Å². The van der Waals surface area contributed by atoms with Gasteiger partial charge in [-0.15, -0.1) is 0 Å². The Hall–Kier alpha value is -1.23. The van der Waals surface area contributed by atoms with Crippen molar-refractivity contribution in [3.05, 3.63) is 58.6 Å². The highest BCUT2D eigenvalue weighted by Crippen LogP contribution is 2.29. The van der Waals surface area contributed by atoms with Gasteiger partial charge in [-0.25, -0.2) is 8.42 Å². The topological polar surface area (TPSA) is 43.4 Å². The molecule has 0 aliphatic heterocycles. The maximum absolute atomic E-state index is 11.2. The Morgan fingerprint density at radius 2 is 1.90 bits per heavy atom. The molecule has 0 aliphatic rings. The summed E-state index contributed by atoms with van der Waals surface area (Å²) >= 11 is 5.98. The van der Waals surface area contributed by atoms with Crippen LogP contribution in [-0.2, 0) is 15.7 Å². The summed E-state index contributed by atoms with van der Waals surface area (Å²) in [5.74, 6) is 0.414. The molecular formula is C14H12Cl2O3S. The van der Waals surface area contributed by atoms with Crippen LogP contribution in [0.4, 0.5) is 0 Å². The molecule has 20 heavy (non-hydrogen) atoms. The lowest BCUT2D eigenvalue weighted by Gasteiger charge is -2.09. The lowest BCUT2D eigenvalue weighted by atomic mass is 10.1. The average Bonchev–Trinajstić information content (AvgIpc) is 2.36. The van der Waals surface area contributed by atoms with Crippen LogP contribution < -0.4 is 4.74 Å². The molecule has 0 heterocycles. The Balaban J connectivity index is 2.15. The molecule has 0 bridgehead atoms. The van der Waals surface area contributed by atoms with Crippen LogP contribution in [0.5, 0.6) is 5.75 Å². The SMILES string of the molecule is Cc1cccc(COc2ccc(S(=O)(=O)Cl)cc2Cl)c1. The first-order valence-corrected chi connectivity index (χ1v) is 8.47. The zero-order chi connectivity index (χ0) is 14.8. The molecule has 0 aromatic heterocycles. The fourth-order valence-electron chi connectivity index (χ4n) is 1.71. The van der Waals surface area contributed by atoms with E-state index in [2.05, 4.69) is 0 Å². The predicted molar refractivity (Wildman–Crippen MR) is 80.0 cm³/mol. The minimum absolute atomic E-state index is 0.0490. The fourth-order valence-corrected chi connectivity index (χ4v) is 2.79. The molecule has 3 nitrogen and oxygen atoms in total. The van der Waals surface area contributed by atoms with Gasteiger partial charge in [0.25, 0.3) is 9.05 Å². The Bertz CT molecular complexity index is 727. The van der Waals surface area contributed by atoms with Crippen LogP contribution in [0.1, 0.15) is 11.1 Å². The van der Waals surface area contributed by atoms with E-state index in [0.29, 0.717) is 12.4 Å². The van der Waals surface area contributed by atoms with Crippen molar-refractivity contribution in [3.63, 3.8) is 0 Å². The molecule has 0 fully saturated rings. The van der Waals surface area contributed by atoms with Gasteiger partial charge in [0.05, 0.1) is 9.92 Å². The van der Waals surface area contributed by atoms with Gasteiger partial charge in [-0.2, -0.15) is 0 Å². The predicted octanol–water partition coefficient (Wildman–Crippen LogP) is 4.15. The van der Waals surface area contributed by atoms with Gasteiger partial charge in [0, 0.05) is 10.7 Å². The highest BCUT2D eigenvalue weighted by atomic mass is 35.7. The van der Waals surface area contributed by atoms with Crippen molar-refractivity contribution in [1.82, 2.24) is 0 Å². The van der Waals surface area contributed by atoms with Gasteiger partial charge in [-0.3, -0.25) is 0 Å². The minimum atomic E-state index is -3.78. The molecule has 2 aromatic rings. The van der Waals surface area contributed by atoms with Gasteiger partial charge >= 0.3 is 0 Å². The summed E-state index contributed by atoms with van der Waals surface area (Å²) in [7, 11) is 1.46. The Kier molecular flexibility index (Phi) is 4.58. The zero-order valence-corrected chi connectivity index (χ0v) is 13.0. The number of ether oxygens (including phenoxy) is 1. The number of aryl methyl sites for hydroxylation is 1. The molecule has 0 N–H and O–H groups in total. The Morgan fingerprint density at radius 1 is 1.15 bits per heavy atom. The van der Waals surface area contributed by atoms with Crippen molar-refractivity contribution >= 4 is 31.3 Å². The van der Waals surface area contributed by atoms with Crippen LogP contribution in [0.15, 0.2) is 47.4 Å². The van der Waals surface area contributed by atoms with Crippen molar-refractivity contribution in [1.29, 1.82) is 0 Å². The first-order chi connectivity index (χ1) is 9.36. The lowest BCUT2D eigenvalue weighted by Crippen LogP contribution is -1.97. The molecule has 2 aromatic carbocycles. The van der Waals surface area contributed by atoms with Gasteiger partial charge < -0.3 is 4.74 Å². The molecule has 0 aliphatic carbocycles. The van der Waals surface area contributed by atoms with Crippen LogP contribution in [0.3, 0.4) is 0 Å². The second kappa shape index (κ2) is 6.04. The molecular weight excluding hydrogens is 319 g/mol. The zero-order valence-electron chi connectivity index (χ0n) is 10.6. The summed E-state index contributed by atoms with van der Waals surface area (Å²) < 4.78 is 27.9. The smallest absolute Gasteiger partial charge is 0.261 e. The van der Waals surface area contributed by atoms with Crippen molar-refractivity contribution in [2.75, 3.05) is 0 Å². The van der Waals surface area contributed by atoms with E-state index in [9.17, 15) is 8.42 Å². The standard InChI is InChI=1S/C14H12Cl2O3S/c1-10-3-2-4-11(7-10)9-19-14-6-5-12(8-13(14)15)20(16,17)18/h2-8H,9H2,1H3. The van der Waals surface area contributed by atoms with Crippen molar-refractivity contribution in [2.45, 2.75) is 18.4 Å². The average molecular weight is 331 g/mol. The van der Waals surface area contributed by atoms with Crippen LogP contribution in [0, 0.1) is 6.92 Å². The van der Waals surface area contributed by atoms with E-state index in [0.717, 1.165) is 11.1 Å². The van der Waals surface area contributed by atoms with Crippen molar-refractivity contribution < 1.29 is 13.2 Å². The maximum Gasteiger partial charge on any atom is 0.261 e. The number of halogens is 2. The molecule has 0 radical (unpaired) electrons. The number of hydrogen-bond donors (Lipinski definition) is 0. The molecule has 6 heteroatoms. The number of rotatable bonds is 4. The third-order valence-corrected chi connectivity index (χ3v) is 4.31. The molecule has 0 spiro atoms. The van der Waals surface area contributed by atoms with Gasteiger partial charge in [0.15, 0.2) is 0 Å². The first-order valence-electron chi connectivity index (χ1n) is 5.79. The third kappa shape index (κ3) is 3.88. The van der Waals surface area contributed by atoms with E-state index < -0.39 is 9.05 Å². The van der Waals surface area contributed by atoms with Gasteiger partial charge in [0.2, 0.25) is 0 Å². The summed E-state index contributed by atoms with van der Waals surface area (Å²) in [5, 5.41) is 0.208. The summed E-state index contributed by atoms with van der Waals surface area (Å²) in [6.45, 7) is 2.35. The highest BCUT2D eigenvalue weighted by molar-refractivity contribution is 8.13. The summed E-state index contributed by atoms with van der Waals surface area (Å²) in [5.41, 5.74) is 2.15. The third-order valence-electron chi connectivity index (χ3n) is 2.66. The Labute approximate surface area is 127 Å². The van der Waals surface area contributed by atoms with E-state index in [1.807, 2.05) is 31.2 Å². The summed E-state index contributed by atoms with van der Waals surface area (Å²) in [4.78, 5) is -0.0490. The number of benzene rings is 2. The van der Waals surface area contributed by atoms with Gasteiger partial charge in [-0.1, -0.05) is 41.4 Å². The van der Waals surface area contributed by atoms with E-state index in [1.54, 1.807) is 0 Å². The molecule has 0 amide bonds. The quantitative estimate of drug-likeness (QED) is 0.790. The van der Waals surface area contributed by atoms with Crippen molar-refractivity contribution in [2.24, 2.45) is 0 Å². The lowest BCUT2D eigenvalue weighted by molar-refractivity contribution is 0.306. The molecule has 106 valence electrons. The van der Waals surface area contributed by atoms with E-state index >= 15 is 0 Å². The van der Waals surface area contributed by atoms with E-state index in [-0.39, 0.29) is 9.92 Å². The van der Waals surface area contributed by atoms with E-state index in [4.69, 9.17) is 27.0 Å². The fraction of sp³-hybridized carbons (Fsp3) is 0.143. The number of hydrogen-bond acceptors (Lipinski definition) is 3. The summed E-state index contributed by atoms with van der Waals surface area (Å²) in [6.07, 6.45) is 0. The van der Waals surface area contributed by atoms with Crippen LogP contribution in [0.25, 0.3) is 0 Å². The largest absolute Gasteiger partial charge is 0.487 e. The monoisotopic (exact) mass is 330 g/mol. The molecule has 0 unspecified atom stereocenters. The highest BCUT2D eigenvalue weighted by Gasteiger charge is 2.12. The molecule has 0 atom stereocenters. The van der Waals surface area contributed by atoms with Crippen LogP contribution in [-0.4, -0.2) is 8.42 Å². The minimum Gasteiger partial charge on any atom is -0.487 e. The summed E-state index contributed by atoms with van der Waals surface area (Å²) in [6, 6.07) is 12.0. The second-order valence-electron chi connectivity index (χ2n) is 4.31.